The van der Waals surface area contributed by atoms with Gasteiger partial charge in [-0.25, -0.2) is 10.7 Å². The van der Waals surface area contributed by atoms with Crippen LogP contribution in [0.25, 0.3) is 0 Å². The van der Waals surface area contributed by atoms with Crippen molar-refractivity contribution in [2.45, 2.75) is 6.54 Å². The summed E-state index contributed by atoms with van der Waals surface area (Å²) in [4.78, 5) is 0. The summed E-state index contributed by atoms with van der Waals surface area (Å²) in [5.41, 5.74) is 2.22. The Balaban J connectivity index is 2.66. The molecule has 0 unspecified atom stereocenters. The molecule has 11 heavy (non-hydrogen) atoms. The fraction of sp³-hybridized carbons (Fsp3) is 0.250. The molecule has 0 fully saturated rings. The van der Waals surface area contributed by atoms with Crippen molar-refractivity contribution in [1.29, 1.82) is 0 Å². The third-order valence-electron chi connectivity index (χ3n) is 1.49. The molecule has 60 valence electrons. The van der Waals surface area contributed by atoms with Crippen LogP contribution >= 0.6 is 0 Å². The zero-order valence-corrected chi connectivity index (χ0v) is 6.45. The van der Waals surface area contributed by atoms with Crippen LogP contribution in [0.2, 0.25) is 0 Å². The highest BCUT2D eigenvalue weighted by Gasteiger charge is 1.93. The lowest BCUT2D eigenvalue weighted by molar-refractivity contribution is -0.899. The van der Waals surface area contributed by atoms with E-state index in [1.807, 2.05) is 24.3 Å². The van der Waals surface area contributed by atoms with Crippen molar-refractivity contribution in [2.75, 3.05) is 7.11 Å². The first-order valence-electron chi connectivity index (χ1n) is 3.45. The Bertz CT molecular complexity index is 208. The van der Waals surface area contributed by atoms with E-state index in [0.717, 1.165) is 16.8 Å². The Kier molecular flexibility index (Phi) is 2.89. The standard InChI is InChI=1S/C8H11NO2/c1-11-8-4-2-7(3-5-8)6-9-10/h2-5,9-10H,6H2,1H3/p+1. The number of hydrogen-bond donors (Lipinski definition) is 2. The highest BCUT2D eigenvalue weighted by atomic mass is 16.5. The third kappa shape index (κ3) is 2.22. The summed E-state index contributed by atoms with van der Waals surface area (Å²) >= 11 is 0. The number of hydrogen-bond acceptors (Lipinski definition) is 2. The summed E-state index contributed by atoms with van der Waals surface area (Å²) in [5, 5.41) is 8.49. The Morgan fingerprint density at radius 1 is 1.36 bits per heavy atom. The molecule has 1 aromatic rings. The second-order valence-electron chi connectivity index (χ2n) is 2.23. The van der Waals surface area contributed by atoms with Gasteiger partial charge in [0.25, 0.3) is 0 Å². The number of quaternary nitrogens is 1. The molecule has 3 heteroatoms. The van der Waals surface area contributed by atoms with E-state index in [-0.39, 0.29) is 0 Å². The molecule has 0 bridgehead atoms. The monoisotopic (exact) mass is 154 g/mol. The van der Waals surface area contributed by atoms with Gasteiger partial charge in [0, 0.05) is 5.56 Å². The van der Waals surface area contributed by atoms with E-state index in [2.05, 4.69) is 0 Å². The lowest BCUT2D eigenvalue weighted by atomic mass is 10.2. The quantitative estimate of drug-likeness (QED) is 0.609. The maximum atomic E-state index is 8.49. The van der Waals surface area contributed by atoms with Crippen molar-refractivity contribution in [3.8, 4) is 5.75 Å². The number of hydroxylamine groups is 1. The Morgan fingerprint density at radius 2 is 2.00 bits per heavy atom. The van der Waals surface area contributed by atoms with Gasteiger partial charge in [-0.3, -0.25) is 0 Å². The summed E-state index contributed by atoms with van der Waals surface area (Å²) in [6.45, 7) is 0.587. The number of rotatable bonds is 3. The van der Waals surface area contributed by atoms with Crippen LogP contribution in [0.4, 0.5) is 0 Å². The van der Waals surface area contributed by atoms with E-state index >= 15 is 0 Å². The molecule has 3 nitrogen and oxygen atoms in total. The Morgan fingerprint density at radius 3 is 2.45 bits per heavy atom. The molecule has 0 aliphatic heterocycles. The molecular weight excluding hydrogens is 142 g/mol. The lowest BCUT2D eigenvalue weighted by Gasteiger charge is -1.99. The Labute approximate surface area is 65.6 Å². The third-order valence-corrected chi connectivity index (χ3v) is 1.49. The fourth-order valence-electron chi connectivity index (χ4n) is 0.867. The minimum atomic E-state index is 0.587. The molecule has 0 aliphatic rings. The zero-order valence-electron chi connectivity index (χ0n) is 6.45. The van der Waals surface area contributed by atoms with E-state index < -0.39 is 0 Å². The SMILES string of the molecule is COc1ccc(C[NH2+]O)cc1. The van der Waals surface area contributed by atoms with Crippen LogP contribution in [0, 0.1) is 0 Å². The molecule has 0 amide bonds. The molecule has 0 spiro atoms. The number of benzene rings is 1. The van der Waals surface area contributed by atoms with Crippen LogP contribution < -0.4 is 10.2 Å². The summed E-state index contributed by atoms with van der Waals surface area (Å²) in [5.74, 6) is 0.840. The van der Waals surface area contributed by atoms with Crippen LogP contribution in [0.5, 0.6) is 5.75 Å². The molecule has 0 atom stereocenters. The molecule has 0 radical (unpaired) electrons. The first-order valence-corrected chi connectivity index (χ1v) is 3.45. The molecule has 1 rings (SSSR count). The van der Waals surface area contributed by atoms with E-state index in [1.54, 1.807) is 7.11 Å². The van der Waals surface area contributed by atoms with E-state index in [0.29, 0.717) is 6.54 Å². The number of methoxy groups -OCH3 is 1. The smallest absolute Gasteiger partial charge is 0.131 e. The lowest BCUT2D eigenvalue weighted by Crippen LogP contribution is -2.78. The summed E-state index contributed by atoms with van der Waals surface area (Å²) in [7, 11) is 1.63. The average molecular weight is 154 g/mol. The Hall–Kier alpha value is -1.06. The van der Waals surface area contributed by atoms with E-state index in [1.165, 1.54) is 0 Å². The van der Waals surface area contributed by atoms with Gasteiger partial charge in [0.15, 0.2) is 0 Å². The van der Waals surface area contributed by atoms with Crippen molar-refractivity contribution < 1.29 is 15.4 Å². The van der Waals surface area contributed by atoms with Crippen LogP contribution in [0.15, 0.2) is 24.3 Å². The van der Waals surface area contributed by atoms with Gasteiger partial charge in [0.1, 0.15) is 12.3 Å². The topological polar surface area (TPSA) is 46.1 Å². The maximum absolute atomic E-state index is 8.49. The van der Waals surface area contributed by atoms with Gasteiger partial charge < -0.3 is 4.74 Å². The normalized spacial score (nSPS) is 9.64. The molecule has 0 saturated heterocycles. The fourth-order valence-corrected chi connectivity index (χ4v) is 0.867. The molecule has 0 saturated carbocycles. The summed E-state index contributed by atoms with van der Waals surface area (Å²) < 4.78 is 4.97. The number of ether oxygens (including phenoxy) is 1. The van der Waals surface area contributed by atoms with Gasteiger partial charge in [0.2, 0.25) is 0 Å². The second-order valence-corrected chi connectivity index (χ2v) is 2.23. The predicted octanol–water partition coefficient (Wildman–Crippen LogP) is 0.148. The number of nitrogens with two attached hydrogens (primary N) is 1. The van der Waals surface area contributed by atoms with Crippen molar-refractivity contribution in [1.82, 2.24) is 0 Å². The van der Waals surface area contributed by atoms with E-state index in [4.69, 9.17) is 9.94 Å². The summed E-state index contributed by atoms with van der Waals surface area (Å²) in [6.07, 6.45) is 0. The molecule has 0 aliphatic carbocycles. The summed E-state index contributed by atoms with van der Waals surface area (Å²) in [6, 6.07) is 7.59. The van der Waals surface area contributed by atoms with Gasteiger partial charge in [-0.1, -0.05) is 0 Å². The minimum absolute atomic E-state index is 0.587. The second kappa shape index (κ2) is 3.95. The largest absolute Gasteiger partial charge is 0.497 e. The van der Waals surface area contributed by atoms with Gasteiger partial charge in [-0.05, 0) is 24.3 Å². The van der Waals surface area contributed by atoms with Gasteiger partial charge in [-0.15, -0.1) is 0 Å². The molecular formula is C8H12NO2+. The van der Waals surface area contributed by atoms with Gasteiger partial charge in [-0.2, -0.15) is 0 Å². The molecule has 0 aromatic heterocycles. The van der Waals surface area contributed by atoms with Crippen LogP contribution in [-0.2, 0) is 6.54 Å². The predicted molar refractivity (Wildman–Crippen MR) is 40.4 cm³/mol. The first kappa shape index (κ1) is 8.04. The van der Waals surface area contributed by atoms with Crippen molar-refractivity contribution >= 4 is 0 Å². The maximum Gasteiger partial charge on any atom is 0.131 e. The van der Waals surface area contributed by atoms with Crippen LogP contribution in [-0.4, -0.2) is 12.3 Å². The van der Waals surface area contributed by atoms with Crippen molar-refractivity contribution in [3.05, 3.63) is 29.8 Å². The highest BCUT2D eigenvalue weighted by molar-refractivity contribution is 5.26. The van der Waals surface area contributed by atoms with Crippen molar-refractivity contribution in [2.24, 2.45) is 0 Å². The zero-order chi connectivity index (χ0) is 8.10. The van der Waals surface area contributed by atoms with Crippen LogP contribution in [0.1, 0.15) is 5.56 Å². The molecule has 1 aromatic carbocycles. The average Bonchev–Trinajstić information content (AvgIpc) is 2.07. The van der Waals surface area contributed by atoms with Crippen molar-refractivity contribution in [3.63, 3.8) is 0 Å². The minimum Gasteiger partial charge on any atom is -0.497 e. The first-order chi connectivity index (χ1) is 5.36. The van der Waals surface area contributed by atoms with Crippen LogP contribution in [0.3, 0.4) is 0 Å². The van der Waals surface area contributed by atoms with Gasteiger partial charge >= 0.3 is 0 Å². The highest BCUT2D eigenvalue weighted by Crippen LogP contribution is 2.09. The van der Waals surface area contributed by atoms with E-state index in [9.17, 15) is 0 Å². The molecule has 0 heterocycles. The molecule has 3 N–H and O–H groups in total. The van der Waals surface area contributed by atoms with Gasteiger partial charge in [0.05, 0.1) is 7.11 Å².